The summed E-state index contributed by atoms with van der Waals surface area (Å²) < 4.78 is 0.941. The summed E-state index contributed by atoms with van der Waals surface area (Å²) >= 11 is 3.39. The first kappa shape index (κ1) is 10.1. The van der Waals surface area contributed by atoms with E-state index in [4.69, 9.17) is 0 Å². The minimum Gasteiger partial charge on any atom is -0.388 e. The van der Waals surface area contributed by atoms with Crippen molar-refractivity contribution in [2.75, 3.05) is 13.1 Å². The van der Waals surface area contributed by atoms with Gasteiger partial charge in [-0.3, -0.25) is 5.10 Å². The molecule has 4 nitrogen and oxygen atoms in total. The second-order valence-corrected chi connectivity index (χ2v) is 4.73. The summed E-state index contributed by atoms with van der Waals surface area (Å²) in [5, 5.41) is 20.3. The van der Waals surface area contributed by atoms with E-state index >= 15 is 0 Å². The Morgan fingerprint density at radius 3 is 3.07 bits per heavy atom. The largest absolute Gasteiger partial charge is 0.388 e. The molecule has 0 amide bonds. The van der Waals surface area contributed by atoms with E-state index in [1.807, 2.05) is 0 Å². The van der Waals surface area contributed by atoms with Crippen LogP contribution in [0.25, 0.3) is 0 Å². The van der Waals surface area contributed by atoms with Crippen molar-refractivity contribution < 1.29 is 5.11 Å². The van der Waals surface area contributed by atoms with Gasteiger partial charge < -0.3 is 10.4 Å². The number of β-amino-alcohol motifs (C(OH)–C–C–N with tert-alkyl or cyclic N) is 1. The van der Waals surface area contributed by atoms with Crippen LogP contribution in [0, 0.1) is 0 Å². The number of rotatable bonds is 2. The lowest BCUT2D eigenvalue weighted by molar-refractivity contribution is 0.0159. The fourth-order valence-corrected chi connectivity index (χ4v) is 2.19. The molecular weight excluding hydrogens is 246 g/mol. The third-order valence-electron chi connectivity index (χ3n) is 2.62. The lowest BCUT2D eigenvalue weighted by Crippen LogP contribution is -2.47. The molecule has 1 fully saturated rings. The SMILES string of the molecule is OC1(Cc2[nH]ncc2Br)CCCNC1. The standard InChI is InChI=1S/C9H14BrN3O/c10-7-5-12-13-8(7)4-9(14)2-1-3-11-6-9/h5,11,14H,1-4,6H2,(H,12,13). The summed E-state index contributed by atoms with van der Waals surface area (Å²) in [6.07, 6.45) is 4.23. The lowest BCUT2D eigenvalue weighted by Gasteiger charge is -2.32. The van der Waals surface area contributed by atoms with Crippen LogP contribution in [0.15, 0.2) is 10.7 Å². The minimum atomic E-state index is -0.618. The molecule has 1 aliphatic rings. The fourth-order valence-electron chi connectivity index (χ4n) is 1.85. The number of hydrogen-bond donors (Lipinski definition) is 3. The predicted octanol–water partition coefficient (Wildman–Crippen LogP) is 0.829. The molecule has 0 saturated carbocycles. The number of halogens is 1. The highest BCUT2D eigenvalue weighted by Crippen LogP contribution is 2.24. The van der Waals surface area contributed by atoms with Gasteiger partial charge in [0, 0.05) is 13.0 Å². The van der Waals surface area contributed by atoms with Gasteiger partial charge in [0.2, 0.25) is 0 Å². The van der Waals surface area contributed by atoms with Gasteiger partial charge in [-0.05, 0) is 35.3 Å². The van der Waals surface area contributed by atoms with Crippen LogP contribution >= 0.6 is 15.9 Å². The van der Waals surface area contributed by atoms with Crippen molar-refractivity contribution in [2.45, 2.75) is 24.9 Å². The molecule has 14 heavy (non-hydrogen) atoms. The summed E-state index contributed by atoms with van der Waals surface area (Å²) in [7, 11) is 0. The Balaban J connectivity index is 2.05. The third-order valence-corrected chi connectivity index (χ3v) is 3.30. The molecule has 1 aliphatic heterocycles. The molecule has 3 N–H and O–H groups in total. The first-order valence-electron chi connectivity index (χ1n) is 4.80. The van der Waals surface area contributed by atoms with Crippen molar-refractivity contribution in [1.29, 1.82) is 0 Å². The van der Waals surface area contributed by atoms with E-state index < -0.39 is 5.60 Å². The molecule has 0 radical (unpaired) electrons. The van der Waals surface area contributed by atoms with Crippen LogP contribution in [0.1, 0.15) is 18.5 Å². The van der Waals surface area contributed by atoms with Crippen LogP contribution in [-0.4, -0.2) is 34.0 Å². The van der Waals surface area contributed by atoms with E-state index in [1.54, 1.807) is 6.20 Å². The van der Waals surface area contributed by atoms with Crippen molar-refractivity contribution in [3.05, 3.63) is 16.4 Å². The predicted molar refractivity (Wildman–Crippen MR) is 57.0 cm³/mol. The third kappa shape index (κ3) is 2.16. The Labute approximate surface area is 91.2 Å². The highest BCUT2D eigenvalue weighted by molar-refractivity contribution is 9.10. The van der Waals surface area contributed by atoms with Gasteiger partial charge in [-0.2, -0.15) is 5.10 Å². The van der Waals surface area contributed by atoms with Crippen LogP contribution in [0.5, 0.6) is 0 Å². The first-order chi connectivity index (χ1) is 6.70. The Hall–Kier alpha value is -0.390. The monoisotopic (exact) mass is 259 g/mol. The van der Waals surface area contributed by atoms with Gasteiger partial charge in [-0.15, -0.1) is 0 Å². The summed E-state index contributed by atoms with van der Waals surface area (Å²) in [5.41, 5.74) is 0.351. The molecule has 1 aromatic rings. The second-order valence-electron chi connectivity index (χ2n) is 3.88. The quantitative estimate of drug-likeness (QED) is 0.738. The molecule has 2 heterocycles. The van der Waals surface area contributed by atoms with Gasteiger partial charge in [-0.25, -0.2) is 0 Å². The number of aromatic amines is 1. The smallest absolute Gasteiger partial charge is 0.0827 e. The van der Waals surface area contributed by atoms with Crippen LogP contribution in [0.4, 0.5) is 0 Å². The highest BCUT2D eigenvalue weighted by atomic mass is 79.9. The summed E-state index contributed by atoms with van der Waals surface area (Å²) in [6.45, 7) is 1.67. The lowest BCUT2D eigenvalue weighted by atomic mass is 9.89. The molecule has 2 rings (SSSR count). The van der Waals surface area contributed by atoms with Gasteiger partial charge in [0.15, 0.2) is 0 Å². The number of aliphatic hydroxyl groups is 1. The van der Waals surface area contributed by atoms with E-state index in [0.29, 0.717) is 13.0 Å². The Bertz CT molecular complexity index is 307. The first-order valence-corrected chi connectivity index (χ1v) is 5.60. The Morgan fingerprint density at radius 2 is 2.50 bits per heavy atom. The highest BCUT2D eigenvalue weighted by Gasteiger charge is 2.30. The van der Waals surface area contributed by atoms with E-state index in [2.05, 4.69) is 31.4 Å². The number of aromatic nitrogens is 2. The minimum absolute atomic E-state index is 0.618. The van der Waals surface area contributed by atoms with Gasteiger partial charge >= 0.3 is 0 Å². The molecule has 0 spiro atoms. The van der Waals surface area contributed by atoms with Gasteiger partial charge in [-0.1, -0.05) is 0 Å². The van der Waals surface area contributed by atoms with Crippen LogP contribution < -0.4 is 5.32 Å². The number of nitrogens with one attached hydrogen (secondary N) is 2. The average Bonchev–Trinajstić information content (AvgIpc) is 2.52. The van der Waals surface area contributed by atoms with E-state index in [9.17, 15) is 5.11 Å². The van der Waals surface area contributed by atoms with Gasteiger partial charge in [0.05, 0.1) is 22.0 Å². The van der Waals surface area contributed by atoms with Gasteiger partial charge in [0.25, 0.3) is 0 Å². The number of hydrogen-bond acceptors (Lipinski definition) is 3. The average molecular weight is 260 g/mol. The summed E-state index contributed by atoms with van der Waals surface area (Å²) in [6, 6.07) is 0. The second kappa shape index (κ2) is 4.00. The van der Waals surface area contributed by atoms with Crippen molar-refractivity contribution in [3.8, 4) is 0 Å². The molecule has 1 aromatic heterocycles. The normalized spacial score (nSPS) is 27.9. The molecular formula is C9H14BrN3O. The summed E-state index contributed by atoms with van der Waals surface area (Å²) in [4.78, 5) is 0. The number of H-pyrrole nitrogens is 1. The Kier molecular flexibility index (Phi) is 2.90. The molecule has 0 aromatic carbocycles. The molecule has 1 unspecified atom stereocenters. The van der Waals surface area contributed by atoms with Gasteiger partial charge in [0.1, 0.15) is 0 Å². The zero-order chi connectivity index (χ0) is 10.0. The Morgan fingerprint density at radius 1 is 1.64 bits per heavy atom. The molecule has 78 valence electrons. The van der Waals surface area contributed by atoms with Crippen LogP contribution in [0.3, 0.4) is 0 Å². The number of piperidine rings is 1. The zero-order valence-corrected chi connectivity index (χ0v) is 9.47. The molecule has 1 atom stereocenters. The maximum absolute atomic E-state index is 10.2. The van der Waals surface area contributed by atoms with Crippen molar-refractivity contribution in [2.24, 2.45) is 0 Å². The van der Waals surface area contributed by atoms with Crippen molar-refractivity contribution in [1.82, 2.24) is 15.5 Å². The van der Waals surface area contributed by atoms with Crippen molar-refractivity contribution in [3.63, 3.8) is 0 Å². The molecule has 0 aliphatic carbocycles. The van der Waals surface area contributed by atoms with E-state index in [-0.39, 0.29) is 0 Å². The molecule has 1 saturated heterocycles. The fraction of sp³-hybridized carbons (Fsp3) is 0.667. The van der Waals surface area contributed by atoms with Crippen LogP contribution in [0.2, 0.25) is 0 Å². The number of nitrogens with zero attached hydrogens (tertiary/aromatic N) is 1. The maximum atomic E-state index is 10.2. The molecule has 0 bridgehead atoms. The van der Waals surface area contributed by atoms with E-state index in [0.717, 1.165) is 29.6 Å². The topological polar surface area (TPSA) is 60.9 Å². The summed E-state index contributed by atoms with van der Waals surface area (Å²) in [5.74, 6) is 0. The zero-order valence-electron chi connectivity index (χ0n) is 7.89. The van der Waals surface area contributed by atoms with E-state index in [1.165, 1.54) is 0 Å². The van der Waals surface area contributed by atoms with Crippen LogP contribution in [-0.2, 0) is 6.42 Å². The maximum Gasteiger partial charge on any atom is 0.0827 e. The molecule has 5 heteroatoms. The van der Waals surface area contributed by atoms with Crippen molar-refractivity contribution >= 4 is 15.9 Å².